The number of likely N-dealkylation sites (N-methyl/N-ethyl adjacent to an activating group) is 1. The second kappa shape index (κ2) is 4.40. The lowest BCUT2D eigenvalue weighted by Crippen LogP contribution is -2.30. The SMILES string of the molecule is CN[C@@H]1CCN(c2cc(N)n3ncc(Br)c3n2)C1. The van der Waals surface area contributed by atoms with E-state index in [1.165, 1.54) is 0 Å². The smallest absolute Gasteiger partial charge is 0.173 e. The highest BCUT2D eigenvalue weighted by molar-refractivity contribution is 9.10. The first-order chi connectivity index (χ1) is 8.69. The lowest BCUT2D eigenvalue weighted by atomic mass is 10.3. The van der Waals surface area contributed by atoms with Crippen molar-refractivity contribution in [3.8, 4) is 0 Å². The van der Waals surface area contributed by atoms with Crippen LogP contribution in [0.4, 0.5) is 11.6 Å². The molecule has 2 aromatic heterocycles. The zero-order valence-corrected chi connectivity index (χ0v) is 11.7. The summed E-state index contributed by atoms with van der Waals surface area (Å²) in [5.74, 6) is 1.52. The van der Waals surface area contributed by atoms with Gasteiger partial charge in [0.1, 0.15) is 11.6 Å². The van der Waals surface area contributed by atoms with Crippen molar-refractivity contribution in [1.29, 1.82) is 0 Å². The quantitative estimate of drug-likeness (QED) is 0.861. The van der Waals surface area contributed by atoms with Crippen LogP contribution in [0.5, 0.6) is 0 Å². The molecule has 7 heteroatoms. The van der Waals surface area contributed by atoms with Gasteiger partial charge in [0.2, 0.25) is 0 Å². The fourth-order valence-electron chi connectivity index (χ4n) is 2.31. The Morgan fingerprint density at radius 1 is 1.56 bits per heavy atom. The number of nitrogen functional groups attached to an aromatic ring is 1. The van der Waals surface area contributed by atoms with Crippen molar-refractivity contribution in [2.45, 2.75) is 12.5 Å². The Balaban J connectivity index is 2.00. The highest BCUT2D eigenvalue weighted by Gasteiger charge is 2.23. The summed E-state index contributed by atoms with van der Waals surface area (Å²) in [5.41, 5.74) is 6.76. The minimum atomic E-state index is 0.526. The van der Waals surface area contributed by atoms with Crippen LogP contribution >= 0.6 is 15.9 Å². The van der Waals surface area contributed by atoms with Gasteiger partial charge in [-0.15, -0.1) is 0 Å². The van der Waals surface area contributed by atoms with Gasteiger partial charge in [-0.3, -0.25) is 0 Å². The lowest BCUT2D eigenvalue weighted by Gasteiger charge is -2.18. The molecule has 1 atom stereocenters. The molecule has 0 amide bonds. The average Bonchev–Trinajstić information content (AvgIpc) is 2.97. The molecular formula is C11H15BrN6. The Bertz CT molecular complexity index is 580. The van der Waals surface area contributed by atoms with Crippen molar-refractivity contribution in [2.75, 3.05) is 30.8 Å². The summed E-state index contributed by atoms with van der Waals surface area (Å²) in [4.78, 5) is 6.87. The molecule has 3 heterocycles. The molecule has 0 aromatic carbocycles. The molecular weight excluding hydrogens is 296 g/mol. The summed E-state index contributed by atoms with van der Waals surface area (Å²) in [5, 5.41) is 7.46. The number of nitrogens with zero attached hydrogens (tertiary/aromatic N) is 4. The molecule has 3 rings (SSSR count). The van der Waals surface area contributed by atoms with Gasteiger partial charge in [0.05, 0.1) is 10.7 Å². The van der Waals surface area contributed by atoms with E-state index in [1.54, 1.807) is 10.7 Å². The van der Waals surface area contributed by atoms with E-state index < -0.39 is 0 Å². The van der Waals surface area contributed by atoms with Crippen molar-refractivity contribution >= 4 is 33.2 Å². The molecule has 6 nitrogen and oxygen atoms in total. The Morgan fingerprint density at radius 2 is 2.39 bits per heavy atom. The maximum absolute atomic E-state index is 6.00. The molecule has 0 bridgehead atoms. The number of fused-ring (bicyclic) bond motifs is 1. The zero-order valence-electron chi connectivity index (χ0n) is 10.1. The van der Waals surface area contributed by atoms with Gasteiger partial charge < -0.3 is 16.0 Å². The fraction of sp³-hybridized carbons (Fsp3) is 0.455. The fourth-order valence-corrected chi connectivity index (χ4v) is 2.66. The van der Waals surface area contributed by atoms with E-state index in [1.807, 2.05) is 13.1 Å². The zero-order chi connectivity index (χ0) is 12.7. The third-order valence-corrected chi connectivity index (χ3v) is 3.92. The maximum atomic E-state index is 6.00. The maximum Gasteiger partial charge on any atom is 0.173 e. The molecule has 0 aliphatic carbocycles. The van der Waals surface area contributed by atoms with Gasteiger partial charge in [0.25, 0.3) is 0 Å². The number of nitrogens with two attached hydrogens (primary N) is 1. The molecule has 2 aromatic rings. The van der Waals surface area contributed by atoms with Crippen LogP contribution in [0.2, 0.25) is 0 Å². The van der Waals surface area contributed by atoms with Crippen molar-refractivity contribution < 1.29 is 0 Å². The van der Waals surface area contributed by atoms with Crippen LogP contribution in [-0.4, -0.2) is 40.8 Å². The molecule has 18 heavy (non-hydrogen) atoms. The molecule has 96 valence electrons. The topological polar surface area (TPSA) is 71.5 Å². The minimum absolute atomic E-state index is 0.526. The summed E-state index contributed by atoms with van der Waals surface area (Å²) < 4.78 is 2.50. The largest absolute Gasteiger partial charge is 0.383 e. The van der Waals surface area contributed by atoms with E-state index in [0.717, 1.165) is 35.4 Å². The van der Waals surface area contributed by atoms with Crippen LogP contribution in [-0.2, 0) is 0 Å². The number of hydrogen-bond acceptors (Lipinski definition) is 5. The first-order valence-corrected chi connectivity index (χ1v) is 6.70. The number of anilines is 2. The molecule has 3 N–H and O–H groups in total. The first-order valence-electron chi connectivity index (χ1n) is 5.91. The molecule has 0 saturated carbocycles. The summed E-state index contributed by atoms with van der Waals surface area (Å²) >= 11 is 3.44. The monoisotopic (exact) mass is 310 g/mol. The molecule has 1 aliphatic heterocycles. The van der Waals surface area contributed by atoms with Crippen LogP contribution in [0.15, 0.2) is 16.7 Å². The van der Waals surface area contributed by atoms with Crippen LogP contribution in [0.1, 0.15) is 6.42 Å². The predicted molar refractivity (Wildman–Crippen MR) is 74.8 cm³/mol. The number of hydrogen-bond donors (Lipinski definition) is 2. The van der Waals surface area contributed by atoms with Gasteiger partial charge in [-0.2, -0.15) is 9.61 Å². The first kappa shape index (κ1) is 11.7. The van der Waals surface area contributed by atoms with Crippen molar-refractivity contribution in [2.24, 2.45) is 0 Å². The van der Waals surface area contributed by atoms with Crippen LogP contribution < -0.4 is 16.0 Å². The predicted octanol–water partition coefficient (Wildman–Crippen LogP) is 0.872. The van der Waals surface area contributed by atoms with Crippen LogP contribution in [0.25, 0.3) is 5.65 Å². The van der Waals surface area contributed by atoms with E-state index in [9.17, 15) is 0 Å². The third-order valence-electron chi connectivity index (χ3n) is 3.36. The molecule has 0 unspecified atom stereocenters. The lowest BCUT2D eigenvalue weighted by molar-refractivity contribution is 0.616. The second-order valence-corrected chi connectivity index (χ2v) is 5.34. The van der Waals surface area contributed by atoms with E-state index in [-0.39, 0.29) is 0 Å². The highest BCUT2D eigenvalue weighted by atomic mass is 79.9. The van der Waals surface area contributed by atoms with E-state index >= 15 is 0 Å². The van der Waals surface area contributed by atoms with Gasteiger partial charge in [0.15, 0.2) is 5.65 Å². The summed E-state index contributed by atoms with van der Waals surface area (Å²) in [6.45, 7) is 1.96. The standard InChI is InChI=1S/C11H15BrN6/c1-14-7-2-3-17(6-7)10-4-9(13)18-11(16-10)8(12)5-15-18/h4-5,7,14H,2-3,6,13H2,1H3/t7-/m1/s1. The molecule has 1 aliphatic rings. The number of aromatic nitrogens is 3. The van der Waals surface area contributed by atoms with Crippen LogP contribution in [0.3, 0.4) is 0 Å². The Labute approximate surface area is 113 Å². The molecule has 1 saturated heterocycles. The van der Waals surface area contributed by atoms with E-state index in [0.29, 0.717) is 11.9 Å². The molecule has 0 spiro atoms. The van der Waals surface area contributed by atoms with E-state index in [2.05, 4.69) is 36.2 Å². The molecule has 1 fully saturated rings. The molecule has 0 radical (unpaired) electrons. The highest BCUT2D eigenvalue weighted by Crippen LogP contribution is 2.24. The summed E-state index contributed by atoms with van der Waals surface area (Å²) in [6.07, 6.45) is 2.84. The van der Waals surface area contributed by atoms with E-state index in [4.69, 9.17) is 5.73 Å². The Kier molecular flexibility index (Phi) is 2.87. The third kappa shape index (κ3) is 1.83. The average molecular weight is 311 g/mol. The van der Waals surface area contributed by atoms with Crippen LogP contribution in [0, 0.1) is 0 Å². The van der Waals surface area contributed by atoms with Gasteiger partial charge in [-0.1, -0.05) is 0 Å². The van der Waals surface area contributed by atoms with Crippen molar-refractivity contribution in [3.05, 3.63) is 16.7 Å². The number of halogens is 1. The second-order valence-electron chi connectivity index (χ2n) is 4.49. The van der Waals surface area contributed by atoms with Gasteiger partial charge in [0, 0.05) is 25.2 Å². The van der Waals surface area contributed by atoms with Gasteiger partial charge >= 0.3 is 0 Å². The minimum Gasteiger partial charge on any atom is -0.383 e. The number of rotatable bonds is 2. The summed E-state index contributed by atoms with van der Waals surface area (Å²) in [7, 11) is 1.99. The van der Waals surface area contributed by atoms with Gasteiger partial charge in [-0.25, -0.2) is 4.98 Å². The number of nitrogens with one attached hydrogen (secondary N) is 1. The summed E-state index contributed by atoms with van der Waals surface area (Å²) in [6, 6.07) is 2.41. The van der Waals surface area contributed by atoms with Crippen molar-refractivity contribution in [3.63, 3.8) is 0 Å². The Hall–Kier alpha value is -1.34. The Morgan fingerprint density at radius 3 is 3.11 bits per heavy atom. The van der Waals surface area contributed by atoms with Crippen molar-refractivity contribution in [1.82, 2.24) is 19.9 Å². The van der Waals surface area contributed by atoms with Gasteiger partial charge in [-0.05, 0) is 29.4 Å². The normalized spacial score (nSPS) is 19.9.